The molecule has 7 nitrogen and oxygen atoms in total. The van der Waals surface area contributed by atoms with E-state index in [1.54, 1.807) is 27.2 Å². The van der Waals surface area contributed by atoms with E-state index in [0.29, 0.717) is 36.0 Å². The highest BCUT2D eigenvalue weighted by atomic mass is 32.2. The highest BCUT2D eigenvalue weighted by Gasteiger charge is 2.26. The van der Waals surface area contributed by atoms with E-state index in [-0.39, 0.29) is 4.90 Å². The molecule has 0 atom stereocenters. The van der Waals surface area contributed by atoms with Crippen LogP contribution in [-0.4, -0.2) is 48.7 Å². The Morgan fingerprint density at radius 1 is 1.07 bits per heavy atom. The Morgan fingerprint density at radius 2 is 1.79 bits per heavy atom. The van der Waals surface area contributed by atoms with Gasteiger partial charge in [0, 0.05) is 18.7 Å². The normalized spacial score (nSPS) is 19.7. The van der Waals surface area contributed by atoms with Crippen LogP contribution in [0.3, 0.4) is 0 Å². The van der Waals surface area contributed by atoms with E-state index in [2.05, 4.69) is 5.10 Å². The molecular formula is C19H27N4O3S2+. The van der Waals surface area contributed by atoms with Crippen LogP contribution in [0.5, 0.6) is 0 Å². The number of piperidine rings is 2. The fourth-order valence-corrected chi connectivity index (χ4v) is 5.74. The Kier molecular flexibility index (Phi) is 5.96. The molecule has 2 aromatic rings. The summed E-state index contributed by atoms with van der Waals surface area (Å²) in [5.41, 5.74) is 0.636. The smallest absolute Gasteiger partial charge is 0.292 e. The molecule has 1 aromatic carbocycles. The van der Waals surface area contributed by atoms with Gasteiger partial charge in [-0.25, -0.2) is 8.42 Å². The van der Waals surface area contributed by atoms with Gasteiger partial charge in [-0.1, -0.05) is 12.5 Å². The summed E-state index contributed by atoms with van der Waals surface area (Å²) in [5, 5.41) is 4.53. The number of hydrogen-bond donors (Lipinski definition) is 1. The van der Waals surface area contributed by atoms with Crippen molar-refractivity contribution < 1.29 is 17.7 Å². The maximum absolute atomic E-state index is 13.0. The molecule has 0 saturated carbocycles. The summed E-state index contributed by atoms with van der Waals surface area (Å²) in [7, 11) is -3.49. The van der Waals surface area contributed by atoms with Crippen LogP contribution in [0, 0.1) is 4.84 Å². The Hall–Kier alpha value is -1.55. The second kappa shape index (κ2) is 8.44. The van der Waals surface area contributed by atoms with Gasteiger partial charge in [-0.3, -0.25) is 0 Å². The minimum atomic E-state index is -3.49. The maximum Gasteiger partial charge on any atom is 0.292 e. The molecule has 0 unspecified atom stereocenters. The zero-order chi connectivity index (χ0) is 19.6. The lowest BCUT2D eigenvalue weighted by molar-refractivity contribution is -0.928. The summed E-state index contributed by atoms with van der Waals surface area (Å²) in [6, 6.07) is 6.83. The van der Waals surface area contributed by atoms with Gasteiger partial charge in [-0.15, -0.1) is 5.10 Å². The number of nitrogens with one attached hydrogen (secondary N) is 1. The van der Waals surface area contributed by atoms with Gasteiger partial charge in [-0.05, 0) is 62.5 Å². The standard InChI is InChI=1S/C19H26N4O3S2/c24-28(25,22-12-5-2-6-13-22)17-9-7-8-16(14-17)18-20-23(19(27)26-18)15-21-10-3-1-4-11-21/h7-9,14H,1-6,10-13,15H2/p+1. The summed E-state index contributed by atoms with van der Waals surface area (Å²) in [6.07, 6.45) is 6.65. The molecule has 28 heavy (non-hydrogen) atoms. The zero-order valence-corrected chi connectivity index (χ0v) is 17.6. The van der Waals surface area contributed by atoms with E-state index >= 15 is 0 Å². The van der Waals surface area contributed by atoms with Crippen molar-refractivity contribution >= 4 is 22.2 Å². The van der Waals surface area contributed by atoms with E-state index < -0.39 is 10.0 Å². The highest BCUT2D eigenvalue weighted by molar-refractivity contribution is 7.89. The van der Waals surface area contributed by atoms with Crippen molar-refractivity contribution in [3.05, 3.63) is 29.1 Å². The summed E-state index contributed by atoms with van der Waals surface area (Å²) in [5.74, 6) is 0.372. The van der Waals surface area contributed by atoms with Crippen LogP contribution in [0.1, 0.15) is 38.5 Å². The minimum absolute atomic E-state index is 0.282. The molecule has 0 bridgehead atoms. The fraction of sp³-hybridized carbons (Fsp3) is 0.579. The molecule has 1 aromatic heterocycles. The fourth-order valence-electron chi connectivity index (χ4n) is 3.99. The molecule has 0 radical (unpaired) electrons. The number of likely N-dealkylation sites (tertiary alicyclic amines) is 1. The molecule has 9 heteroatoms. The molecule has 0 amide bonds. The number of nitrogens with zero attached hydrogens (tertiary/aromatic N) is 3. The first-order valence-corrected chi connectivity index (χ1v) is 11.9. The van der Waals surface area contributed by atoms with Gasteiger partial charge >= 0.3 is 0 Å². The predicted octanol–water partition coefficient (Wildman–Crippen LogP) is 2.07. The minimum Gasteiger partial charge on any atom is -0.409 e. The van der Waals surface area contributed by atoms with Crippen molar-refractivity contribution in [2.45, 2.75) is 50.1 Å². The molecule has 2 fully saturated rings. The van der Waals surface area contributed by atoms with Crippen molar-refractivity contribution in [3.8, 4) is 11.5 Å². The molecule has 2 aliphatic rings. The first kappa shape index (κ1) is 19.8. The molecule has 3 heterocycles. The Balaban J connectivity index is 1.57. The second-order valence-electron chi connectivity index (χ2n) is 7.63. The third kappa shape index (κ3) is 4.22. The second-order valence-corrected chi connectivity index (χ2v) is 9.92. The number of sulfonamides is 1. The third-order valence-electron chi connectivity index (χ3n) is 5.57. The van der Waals surface area contributed by atoms with Gasteiger partial charge in [0.15, 0.2) is 6.67 Å². The number of hydrogen-bond acceptors (Lipinski definition) is 5. The molecule has 152 valence electrons. The zero-order valence-electron chi connectivity index (χ0n) is 16.0. The topological polar surface area (TPSA) is 72.8 Å². The van der Waals surface area contributed by atoms with Crippen LogP contribution >= 0.6 is 12.2 Å². The molecule has 4 rings (SSSR count). The Morgan fingerprint density at radius 3 is 2.54 bits per heavy atom. The SMILES string of the molecule is O=S(=O)(c1cccc(-c2nn(C[NH+]3CCCCC3)c(=S)o2)c1)N1CCCCC1. The van der Waals surface area contributed by atoms with E-state index in [4.69, 9.17) is 16.6 Å². The van der Waals surface area contributed by atoms with E-state index in [1.807, 2.05) is 6.07 Å². The van der Waals surface area contributed by atoms with Crippen molar-refractivity contribution in [2.24, 2.45) is 0 Å². The van der Waals surface area contributed by atoms with Crippen molar-refractivity contribution in [1.29, 1.82) is 0 Å². The molecule has 2 aliphatic heterocycles. The van der Waals surface area contributed by atoms with Gasteiger partial charge in [0.2, 0.25) is 15.9 Å². The quantitative estimate of drug-likeness (QED) is 0.746. The first-order valence-electron chi connectivity index (χ1n) is 10.1. The molecule has 0 aliphatic carbocycles. The molecule has 2 saturated heterocycles. The average molecular weight is 424 g/mol. The lowest BCUT2D eigenvalue weighted by Gasteiger charge is -2.25. The number of benzene rings is 1. The number of quaternary nitrogens is 1. The Bertz CT molecular complexity index is 971. The predicted molar refractivity (Wildman–Crippen MR) is 108 cm³/mol. The van der Waals surface area contributed by atoms with Crippen LogP contribution in [0.25, 0.3) is 11.5 Å². The van der Waals surface area contributed by atoms with Crippen LogP contribution in [0.2, 0.25) is 0 Å². The van der Waals surface area contributed by atoms with Gasteiger partial charge < -0.3 is 9.32 Å². The summed E-state index contributed by atoms with van der Waals surface area (Å²) in [4.78, 5) is 2.06. The van der Waals surface area contributed by atoms with Crippen molar-refractivity contribution in [2.75, 3.05) is 26.2 Å². The van der Waals surface area contributed by atoms with Gasteiger partial charge in [-0.2, -0.15) is 8.99 Å². The van der Waals surface area contributed by atoms with E-state index in [0.717, 1.165) is 32.4 Å². The van der Waals surface area contributed by atoms with E-state index in [9.17, 15) is 8.42 Å². The lowest BCUT2D eigenvalue weighted by Crippen LogP contribution is -3.12. The maximum atomic E-state index is 13.0. The summed E-state index contributed by atoms with van der Waals surface area (Å²) < 4.78 is 34.9. The largest absolute Gasteiger partial charge is 0.409 e. The van der Waals surface area contributed by atoms with E-state index in [1.165, 1.54) is 24.2 Å². The highest BCUT2D eigenvalue weighted by Crippen LogP contribution is 2.25. The number of aromatic nitrogens is 2. The van der Waals surface area contributed by atoms with Crippen molar-refractivity contribution in [3.63, 3.8) is 0 Å². The Labute approximate surface area is 171 Å². The summed E-state index contributed by atoms with van der Waals surface area (Å²) in [6.45, 7) is 4.09. The monoisotopic (exact) mass is 423 g/mol. The van der Waals surface area contributed by atoms with Crippen LogP contribution in [0.4, 0.5) is 0 Å². The first-order chi connectivity index (χ1) is 13.5. The van der Waals surface area contributed by atoms with Gasteiger partial charge in [0.25, 0.3) is 4.84 Å². The third-order valence-corrected chi connectivity index (χ3v) is 7.76. The molecular weight excluding hydrogens is 396 g/mol. The number of rotatable bonds is 5. The molecule has 1 N–H and O–H groups in total. The van der Waals surface area contributed by atoms with Crippen molar-refractivity contribution in [1.82, 2.24) is 14.1 Å². The van der Waals surface area contributed by atoms with Gasteiger partial charge in [0.1, 0.15) is 0 Å². The van der Waals surface area contributed by atoms with Crippen LogP contribution < -0.4 is 4.90 Å². The lowest BCUT2D eigenvalue weighted by atomic mass is 10.1. The molecule has 0 spiro atoms. The summed E-state index contributed by atoms with van der Waals surface area (Å²) >= 11 is 5.34. The average Bonchev–Trinajstić information content (AvgIpc) is 3.10. The van der Waals surface area contributed by atoms with Gasteiger partial charge in [0.05, 0.1) is 18.0 Å². The van der Waals surface area contributed by atoms with Crippen LogP contribution in [-0.2, 0) is 16.7 Å². The van der Waals surface area contributed by atoms with Crippen LogP contribution in [0.15, 0.2) is 33.6 Å².